The number of rotatable bonds is 3. The first-order valence-corrected chi connectivity index (χ1v) is 9.01. The Morgan fingerprint density at radius 1 is 1.04 bits per heavy atom. The van der Waals surface area contributed by atoms with Crippen LogP contribution < -0.4 is 15.2 Å². The minimum Gasteiger partial charge on any atom is -0.486 e. The van der Waals surface area contributed by atoms with Gasteiger partial charge in [0, 0.05) is 6.07 Å². The molecule has 8 nitrogen and oxygen atoms in total. The summed E-state index contributed by atoms with van der Waals surface area (Å²) in [6.45, 7) is 5.08. The number of nitrogens with zero attached hydrogens (tertiary/aromatic N) is 4. The van der Waals surface area contributed by atoms with Crippen molar-refractivity contribution in [3.05, 3.63) is 64.2 Å². The standard InChI is InChI=1S/C20H18N4O4/c1-12-3-5-16-15(9-12)23(20(25)28-16)11-19-21-13(2)22-24(19)14-4-6-17-18(10-14)27-8-7-26-17/h3-6,9-10H,7-8,11H2,1-2H3. The number of fused-ring (bicyclic) bond motifs is 2. The second-order valence-electron chi connectivity index (χ2n) is 6.74. The Labute approximate surface area is 159 Å². The zero-order valence-electron chi connectivity index (χ0n) is 15.5. The maximum Gasteiger partial charge on any atom is 0.420 e. The molecule has 0 atom stereocenters. The predicted molar refractivity (Wildman–Crippen MR) is 101 cm³/mol. The van der Waals surface area contributed by atoms with Crippen LogP contribution in [0.4, 0.5) is 0 Å². The van der Waals surface area contributed by atoms with Gasteiger partial charge in [-0.1, -0.05) is 6.07 Å². The third-order valence-corrected chi connectivity index (χ3v) is 4.67. The highest BCUT2D eigenvalue weighted by molar-refractivity contribution is 5.73. The average molecular weight is 378 g/mol. The number of aromatic nitrogens is 4. The van der Waals surface area contributed by atoms with Gasteiger partial charge in [0.05, 0.1) is 17.7 Å². The summed E-state index contributed by atoms with van der Waals surface area (Å²) in [6, 6.07) is 11.3. The molecular weight excluding hydrogens is 360 g/mol. The summed E-state index contributed by atoms with van der Waals surface area (Å²) in [7, 11) is 0. The van der Waals surface area contributed by atoms with Gasteiger partial charge in [-0.2, -0.15) is 5.10 Å². The van der Waals surface area contributed by atoms with E-state index in [0.29, 0.717) is 41.9 Å². The van der Waals surface area contributed by atoms with Gasteiger partial charge in [0.25, 0.3) is 0 Å². The minimum absolute atomic E-state index is 0.241. The fourth-order valence-corrected chi connectivity index (χ4v) is 3.40. The molecule has 0 bridgehead atoms. The Balaban J connectivity index is 1.59. The smallest absolute Gasteiger partial charge is 0.420 e. The molecule has 0 saturated carbocycles. The summed E-state index contributed by atoms with van der Waals surface area (Å²) in [5.74, 6) is 2.20. The molecule has 4 aromatic rings. The fourth-order valence-electron chi connectivity index (χ4n) is 3.40. The second kappa shape index (κ2) is 6.26. The number of benzene rings is 2. The lowest BCUT2D eigenvalue weighted by Gasteiger charge is -2.19. The zero-order chi connectivity index (χ0) is 19.3. The lowest BCUT2D eigenvalue weighted by molar-refractivity contribution is 0.171. The van der Waals surface area contributed by atoms with E-state index in [1.165, 1.54) is 0 Å². The highest BCUT2D eigenvalue weighted by Gasteiger charge is 2.18. The molecule has 28 heavy (non-hydrogen) atoms. The molecule has 2 aromatic carbocycles. The van der Waals surface area contributed by atoms with Crippen molar-refractivity contribution in [1.29, 1.82) is 0 Å². The number of oxazole rings is 1. The summed E-state index contributed by atoms with van der Waals surface area (Å²) in [6.07, 6.45) is 0. The minimum atomic E-state index is -0.421. The molecule has 8 heteroatoms. The average Bonchev–Trinajstić information content (AvgIpc) is 3.21. The molecule has 1 aliphatic rings. The highest BCUT2D eigenvalue weighted by atomic mass is 16.6. The molecule has 0 saturated heterocycles. The molecule has 0 unspecified atom stereocenters. The van der Waals surface area contributed by atoms with Crippen LogP contribution in [0.2, 0.25) is 0 Å². The molecule has 0 radical (unpaired) electrons. The molecule has 142 valence electrons. The van der Waals surface area contributed by atoms with Crippen LogP contribution >= 0.6 is 0 Å². The lowest BCUT2D eigenvalue weighted by Crippen LogP contribution is -2.18. The van der Waals surface area contributed by atoms with Gasteiger partial charge in [0.2, 0.25) is 0 Å². The molecular formula is C20H18N4O4. The van der Waals surface area contributed by atoms with Gasteiger partial charge >= 0.3 is 5.76 Å². The largest absolute Gasteiger partial charge is 0.486 e. The summed E-state index contributed by atoms with van der Waals surface area (Å²) in [5, 5.41) is 4.50. The summed E-state index contributed by atoms with van der Waals surface area (Å²) in [5.41, 5.74) is 3.13. The van der Waals surface area contributed by atoms with Crippen molar-refractivity contribution in [2.24, 2.45) is 0 Å². The van der Waals surface area contributed by atoms with Crippen LogP contribution in [0, 0.1) is 13.8 Å². The molecule has 0 amide bonds. The molecule has 0 aliphatic carbocycles. The van der Waals surface area contributed by atoms with Crippen LogP contribution in [0.15, 0.2) is 45.6 Å². The van der Waals surface area contributed by atoms with Crippen molar-refractivity contribution in [3.8, 4) is 17.2 Å². The molecule has 3 heterocycles. The van der Waals surface area contributed by atoms with Crippen LogP contribution in [0.1, 0.15) is 17.2 Å². The third kappa shape index (κ3) is 2.74. The van der Waals surface area contributed by atoms with Crippen molar-refractivity contribution in [1.82, 2.24) is 19.3 Å². The van der Waals surface area contributed by atoms with Crippen LogP contribution in [0.3, 0.4) is 0 Å². The number of hydrogen-bond donors (Lipinski definition) is 0. The SMILES string of the molecule is Cc1ccc2oc(=O)n(Cc3nc(C)nn3-c3ccc4c(c3)OCCO4)c2c1. The van der Waals surface area contributed by atoms with E-state index in [1.807, 2.05) is 44.2 Å². The Morgan fingerprint density at radius 2 is 1.86 bits per heavy atom. The topological polar surface area (TPSA) is 84.3 Å². The van der Waals surface area contributed by atoms with E-state index in [4.69, 9.17) is 13.9 Å². The summed E-state index contributed by atoms with van der Waals surface area (Å²) in [4.78, 5) is 16.9. The first-order chi connectivity index (χ1) is 13.6. The van der Waals surface area contributed by atoms with Gasteiger partial charge in [-0.15, -0.1) is 0 Å². The first-order valence-electron chi connectivity index (χ1n) is 9.01. The Bertz CT molecular complexity index is 1250. The van der Waals surface area contributed by atoms with Crippen molar-refractivity contribution < 1.29 is 13.9 Å². The predicted octanol–water partition coefficient (Wildman–Crippen LogP) is 2.61. The number of hydrogen-bond acceptors (Lipinski definition) is 6. The maximum absolute atomic E-state index is 12.4. The third-order valence-electron chi connectivity index (χ3n) is 4.67. The van der Waals surface area contributed by atoms with E-state index in [1.54, 1.807) is 15.3 Å². The second-order valence-corrected chi connectivity index (χ2v) is 6.74. The van der Waals surface area contributed by atoms with E-state index < -0.39 is 5.76 Å². The Morgan fingerprint density at radius 3 is 2.71 bits per heavy atom. The fraction of sp³-hybridized carbons (Fsp3) is 0.250. The Hall–Kier alpha value is -3.55. The van der Waals surface area contributed by atoms with Crippen LogP contribution in [-0.4, -0.2) is 32.5 Å². The van der Waals surface area contributed by atoms with Crippen LogP contribution in [-0.2, 0) is 6.54 Å². The van der Waals surface area contributed by atoms with Crippen molar-refractivity contribution in [2.75, 3.05) is 13.2 Å². The van der Waals surface area contributed by atoms with E-state index in [0.717, 1.165) is 16.8 Å². The van der Waals surface area contributed by atoms with Gasteiger partial charge in [-0.05, 0) is 43.7 Å². The molecule has 0 N–H and O–H groups in total. The molecule has 1 aliphatic heterocycles. The van der Waals surface area contributed by atoms with Gasteiger partial charge in [0.1, 0.15) is 19.0 Å². The maximum atomic E-state index is 12.4. The van der Waals surface area contributed by atoms with Gasteiger partial charge in [0.15, 0.2) is 22.9 Å². The zero-order valence-corrected chi connectivity index (χ0v) is 15.5. The summed E-state index contributed by atoms with van der Waals surface area (Å²) < 4.78 is 19.9. The number of ether oxygens (including phenoxy) is 2. The highest BCUT2D eigenvalue weighted by Crippen LogP contribution is 2.32. The van der Waals surface area contributed by atoms with Crippen LogP contribution in [0.25, 0.3) is 16.8 Å². The van der Waals surface area contributed by atoms with Gasteiger partial charge < -0.3 is 13.9 Å². The molecule has 0 fully saturated rings. The lowest BCUT2D eigenvalue weighted by atomic mass is 10.2. The molecule has 5 rings (SSSR count). The monoisotopic (exact) mass is 378 g/mol. The molecule has 0 spiro atoms. The Kier molecular flexibility index (Phi) is 3.71. The number of aryl methyl sites for hydroxylation is 2. The van der Waals surface area contributed by atoms with Gasteiger partial charge in [-0.3, -0.25) is 4.57 Å². The summed E-state index contributed by atoms with van der Waals surface area (Å²) >= 11 is 0. The quantitative estimate of drug-likeness (QED) is 0.545. The van der Waals surface area contributed by atoms with E-state index >= 15 is 0 Å². The van der Waals surface area contributed by atoms with E-state index in [9.17, 15) is 4.79 Å². The van der Waals surface area contributed by atoms with Crippen molar-refractivity contribution in [3.63, 3.8) is 0 Å². The first kappa shape index (κ1) is 16.6. The van der Waals surface area contributed by atoms with Crippen LogP contribution in [0.5, 0.6) is 11.5 Å². The molecule has 2 aromatic heterocycles. The van der Waals surface area contributed by atoms with Gasteiger partial charge in [-0.25, -0.2) is 14.5 Å². The van der Waals surface area contributed by atoms with E-state index in [-0.39, 0.29) is 6.54 Å². The van der Waals surface area contributed by atoms with Crippen molar-refractivity contribution >= 4 is 11.1 Å². The van der Waals surface area contributed by atoms with E-state index in [2.05, 4.69) is 10.1 Å². The van der Waals surface area contributed by atoms with Crippen molar-refractivity contribution in [2.45, 2.75) is 20.4 Å². The normalized spacial score (nSPS) is 13.2.